The Bertz CT molecular complexity index is 734. The summed E-state index contributed by atoms with van der Waals surface area (Å²) in [6.45, 7) is 5.10. The topological polar surface area (TPSA) is 108 Å². The monoisotopic (exact) mass is 354 g/mol. The summed E-state index contributed by atoms with van der Waals surface area (Å²) in [4.78, 5) is 12.3. The number of hydrogen-bond acceptors (Lipinski definition) is 7. The number of rotatable bonds is 7. The van der Waals surface area contributed by atoms with Crippen LogP contribution < -0.4 is 5.73 Å². The number of ether oxygens (including phenoxy) is 1. The van der Waals surface area contributed by atoms with Crippen LogP contribution in [0.25, 0.3) is 11.2 Å². The highest BCUT2D eigenvalue weighted by molar-refractivity contribution is 7.56. The first-order chi connectivity index (χ1) is 11.6. The van der Waals surface area contributed by atoms with E-state index in [1.165, 1.54) is 6.33 Å². The number of nitrogens with two attached hydrogens (primary N) is 1. The first kappa shape index (κ1) is 17.3. The average Bonchev–Trinajstić information content (AvgIpc) is 2.99. The highest BCUT2D eigenvalue weighted by Gasteiger charge is 2.34. The van der Waals surface area contributed by atoms with Crippen LogP contribution in [0.15, 0.2) is 12.7 Å². The van der Waals surface area contributed by atoms with Gasteiger partial charge in [0.05, 0.1) is 19.5 Å². The van der Waals surface area contributed by atoms with Crippen molar-refractivity contribution in [1.82, 2.24) is 24.2 Å². The Balaban J connectivity index is 1.56. The van der Waals surface area contributed by atoms with Gasteiger partial charge in [0.15, 0.2) is 11.5 Å². The fourth-order valence-corrected chi connectivity index (χ4v) is 4.86. The van der Waals surface area contributed by atoms with Crippen molar-refractivity contribution in [2.24, 2.45) is 0 Å². The highest BCUT2D eigenvalue weighted by Crippen LogP contribution is 2.53. The molecule has 2 aromatic rings. The van der Waals surface area contributed by atoms with Gasteiger partial charge in [0.25, 0.3) is 7.52 Å². The molecule has 1 saturated heterocycles. The van der Waals surface area contributed by atoms with Gasteiger partial charge in [-0.15, -0.1) is 0 Å². The van der Waals surface area contributed by atoms with Crippen molar-refractivity contribution < 1.29 is 13.8 Å². The van der Waals surface area contributed by atoms with Crippen molar-refractivity contribution in [1.29, 1.82) is 0 Å². The molecular formula is C14H23N6O3P. The molecule has 1 aliphatic rings. The predicted molar refractivity (Wildman–Crippen MR) is 90.6 cm³/mol. The fourth-order valence-electron chi connectivity index (χ4n) is 2.73. The molecule has 3 heterocycles. The number of aromatic nitrogens is 4. The van der Waals surface area contributed by atoms with Gasteiger partial charge in [0.1, 0.15) is 18.2 Å². The van der Waals surface area contributed by atoms with Gasteiger partial charge in [-0.2, -0.15) is 0 Å². The van der Waals surface area contributed by atoms with E-state index in [2.05, 4.69) is 21.9 Å². The Hall–Kier alpha value is -1.54. The molecule has 2 N–H and O–H groups in total. The summed E-state index contributed by atoms with van der Waals surface area (Å²) in [7, 11) is -2.86. The molecular weight excluding hydrogens is 331 g/mol. The second-order valence-corrected chi connectivity index (χ2v) is 8.04. The van der Waals surface area contributed by atoms with Crippen LogP contribution in [0.4, 0.5) is 5.82 Å². The lowest BCUT2D eigenvalue weighted by atomic mass is 10.4. The average molecular weight is 354 g/mol. The van der Waals surface area contributed by atoms with Crippen molar-refractivity contribution in [3.63, 3.8) is 0 Å². The van der Waals surface area contributed by atoms with Crippen LogP contribution in [0.3, 0.4) is 0 Å². The second-order valence-electron chi connectivity index (χ2n) is 5.68. The normalized spacial score (nSPS) is 22.2. The fraction of sp³-hybridized carbons (Fsp3) is 0.643. The van der Waals surface area contributed by atoms with E-state index in [0.717, 1.165) is 25.9 Å². The summed E-state index contributed by atoms with van der Waals surface area (Å²) >= 11 is 0. The van der Waals surface area contributed by atoms with Crippen LogP contribution in [-0.2, 0) is 20.4 Å². The molecule has 1 unspecified atom stereocenters. The quantitative estimate of drug-likeness (QED) is 0.591. The van der Waals surface area contributed by atoms with Crippen LogP contribution in [0, 0.1) is 0 Å². The lowest BCUT2D eigenvalue weighted by Crippen LogP contribution is -2.31. The van der Waals surface area contributed by atoms with Gasteiger partial charge in [-0.05, 0) is 12.8 Å². The van der Waals surface area contributed by atoms with E-state index < -0.39 is 7.52 Å². The van der Waals surface area contributed by atoms with Gasteiger partial charge in [-0.1, -0.05) is 6.92 Å². The number of fused-ring (bicyclic) bond motifs is 1. The van der Waals surface area contributed by atoms with E-state index in [0.29, 0.717) is 36.7 Å². The van der Waals surface area contributed by atoms with E-state index in [4.69, 9.17) is 15.0 Å². The molecule has 1 aliphatic heterocycles. The minimum Gasteiger partial charge on any atom is -0.382 e. The molecule has 0 aliphatic carbocycles. The minimum atomic E-state index is -2.86. The summed E-state index contributed by atoms with van der Waals surface area (Å²) < 4.78 is 27.9. The molecule has 9 nitrogen and oxygen atoms in total. The molecule has 0 radical (unpaired) electrons. The molecule has 2 aromatic heterocycles. The van der Waals surface area contributed by atoms with E-state index in [-0.39, 0.29) is 6.35 Å². The predicted octanol–water partition coefficient (Wildman–Crippen LogP) is 1.71. The van der Waals surface area contributed by atoms with E-state index in [9.17, 15) is 4.57 Å². The Morgan fingerprint density at radius 2 is 2.25 bits per heavy atom. The van der Waals surface area contributed by atoms with E-state index in [1.807, 2.05) is 9.24 Å². The zero-order chi connectivity index (χ0) is 17.0. The molecule has 3 rings (SSSR count). The molecule has 0 bridgehead atoms. The highest BCUT2D eigenvalue weighted by atomic mass is 31.2. The van der Waals surface area contributed by atoms with Crippen LogP contribution in [0.5, 0.6) is 0 Å². The van der Waals surface area contributed by atoms with Gasteiger partial charge >= 0.3 is 0 Å². The van der Waals surface area contributed by atoms with E-state index >= 15 is 0 Å². The maximum atomic E-state index is 12.9. The Morgan fingerprint density at radius 3 is 3.08 bits per heavy atom. The molecule has 0 aromatic carbocycles. The zero-order valence-electron chi connectivity index (χ0n) is 13.8. The van der Waals surface area contributed by atoms with Gasteiger partial charge < -0.3 is 19.6 Å². The third kappa shape index (κ3) is 3.59. The van der Waals surface area contributed by atoms with Crippen molar-refractivity contribution in [2.45, 2.75) is 26.3 Å². The molecule has 0 amide bonds. The van der Waals surface area contributed by atoms with Gasteiger partial charge in [0, 0.05) is 19.6 Å². The van der Waals surface area contributed by atoms with Crippen LogP contribution >= 0.6 is 7.52 Å². The molecule has 24 heavy (non-hydrogen) atoms. The Morgan fingerprint density at radius 1 is 1.38 bits per heavy atom. The van der Waals surface area contributed by atoms with E-state index in [1.54, 1.807) is 6.33 Å². The van der Waals surface area contributed by atoms with Gasteiger partial charge in [0.2, 0.25) is 0 Å². The van der Waals surface area contributed by atoms with Crippen molar-refractivity contribution in [3.05, 3.63) is 12.7 Å². The summed E-state index contributed by atoms with van der Waals surface area (Å²) in [5.74, 6) is 0.356. The number of nitrogen functional groups attached to an aromatic ring is 1. The maximum absolute atomic E-state index is 12.9. The SMILES string of the molecule is CCCN1CCCOP1(=O)COCCn1cnc2c(N)ncnc21. The summed E-state index contributed by atoms with van der Waals surface area (Å²) in [6.07, 6.45) is 5.02. The van der Waals surface area contributed by atoms with Gasteiger partial charge in [-0.3, -0.25) is 4.57 Å². The van der Waals surface area contributed by atoms with Crippen molar-refractivity contribution in [3.8, 4) is 0 Å². The molecule has 0 spiro atoms. The lowest BCUT2D eigenvalue weighted by molar-refractivity contribution is 0.128. The first-order valence-electron chi connectivity index (χ1n) is 8.12. The van der Waals surface area contributed by atoms with Crippen LogP contribution in [0.1, 0.15) is 19.8 Å². The van der Waals surface area contributed by atoms with Gasteiger partial charge in [-0.25, -0.2) is 19.6 Å². The largest absolute Gasteiger partial charge is 0.382 e. The number of anilines is 1. The molecule has 132 valence electrons. The third-order valence-electron chi connectivity index (χ3n) is 3.93. The lowest BCUT2D eigenvalue weighted by Gasteiger charge is -2.34. The molecule has 10 heteroatoms. The minimum absolute atomic E-state index is 0.108. The second kappa shape index (κ2) is 7.57. The van der Waals surface area contributed by atoms with Crippen LogP contribution in [-0.4, -0.2) is 56.8 Å². The summed E-state index contributed by atoms with van der Waals surface area (Å²) in [5.41, 5.74) is 7.01. The molecule has 1 fully saturated rings. The van der Waals surface area contributed by atoms with Crippen LogP contribution in [0.2, 0.25) is 0 Å². The first-order valence-corrected chi connectivity index (χ1v) is 9.88. The maximum Gasteiger partial charge on any atom is 0.297 e. The number of imidazole rings is 1. The van der Waals surface area contributed by atoms with Crippen molar-refractivity contribution in [2.75, 3.05) is 38.4 Å². The number of nitrogens with zero attached hydrogens (tertiary/aromatic N) is 5. The Kier molecular flexibility index (Phi) is 5.45. The summed E-state index contributed by atoms with van der Waals surface area (Å²) in [5, 5.41) is 0. The molecule has 0 saturated carbocycles. The molecule has 1 atom stereocenters. The smallest absolute Gasteiger partial charge is 0.297 e. The summed E-state index contributed by atoms with van der Waals surface area (Å²) in [6, 6.07) is 0. The van der Waals surface area contributed by atoms with Crippen molar-refractivity contribution >= 4 is 24.5 Å². The Labute approximate surface area is 140 Å². The standard InChI is InChI=1S/C14H23N6O3P/c1-2-4-20-5-3-7-23-24(20,21)11-22-8-6-19-10-18-12-13(15)16-9-17-14(12)19/h9-10H,2-8,11H2,1H3,(H2,15,16,17). The zero-order valence-corrected chi connectivity index (χ0v) is 14.7. The third-order valence-corrected chi connectivity index (χ3v) is 6.28. The number of hydrogen-bond donors (Lipinski definition) is 1.